The first kappa shape index (κ1) is 13.3. The van der Waals surface area contributed by atoms with Gasteiger partial charge in [-0.1, -0.05) is 35.5 Å². The van der Waals surface area contributed by atoms with Crippen LogP contribution in [0, 0.1) is 0 Å². The molecule has 2 aromatic carbocycles. The lowest BCUT2D eigenvalue weighted by molar-refractivity contribution is 0.277. The zero-order chi connectivity index (χ0) is 14.7. The normalized spacial score (nSPS) is 10.6. The molecule has 0 fully saturated rings. The van der Waals surface area contributed by atoms with Crippen molar-refractivity contribution in [1.82, 2.24) is 15.0 Å². The quantitative estimate of drug-likeness (QED) is 0.798. The highest BCUT2D eigenvalue weighted by Gasteiger charge is 2.16. The van der Waals surface area contributed by atoms with Crippen molar-refractivity contribution < 1.29 is 9.84 Å². The Morgan fingerprint density at radius 3 is 2.62 bits per heavy atom. The summed E-state index contributed by atoms with van der Waals surface area (Å²) in [5.41, 5.74) is 3.09. The predicted molar refractivity (Wildman–Crippen MR) is 79.3 cm³/mol. The van der Waals surface area contributed by atoms with Crippen LogP contribution in [0.3, 0.4) is 0 Å². The van der Waals surface area contributed by atoms with Crippen molar-refractivity contribution in [3.63, 3.8) is 0 Å². The minimum absolute atomic E-state index is 0.167. The van der Waals surface area contributed by atoms with Crippen LogP contribution in [0.2, 0.25) is 0 Å². The van der Waals surface area contributed by atoms with Gasteiger partial charge in [0.15, 0.2) is 0 Å². The molecule has 1 aromatic heterocycles. The molecule has 0 aliphatic carbocycles. The summed E-state index contributed by atoms with van der Waals surface area (Å²) in [6, 6.07) is 17.3. The molecule has 0 spiro atoms. The van der Waals surface area contributed by atoms with Gasteiger partial charge in [0, 0.05) is 5.56 Å². The molecule has 21 heavy (non-hydrogen) atoms. The Kier molecular flexibility index (Phi) is 3.66. The molecule has 5 heteroatoms. The lowest BCUT2D eigenvalue weighted by Gasteiger charge is -2.09. The van der Waals surface area contributed by atoms with E-state index in [0.29, 0.717) is 5.69 Å². The number of benzene rings is 2. The second-order valence-electron chi connectivity index (χ2n) is 4.52. The maximum atomic E-state index is 9.52. The van der Waals surface area contributed by atoms with Crippen LogP contribution >= 0.6 is 0 Å². The number of aliphatic hydroxyl groups is 1. The third-order valence-corrected chi connectivity index (χ3v) is 3.23. The molecule has 0 unspecified atom stereocenters. The van der Waals surface area contributed by atoms with Crippen LogP contribution in [0.4, 0.5) is 0 Å². The summed E-state index contributed by atoms with van der Waals surface area (Å²) in [6.45, 7) is -0.167. The molecule has 0 aliphatic rings. The number of nitrogens with zero attached hydrogens (tertiary/aromatic N) is 3. The summed E-state index contributed by atoms with van der Waals surface area (Å²) < 4.78 is 6.98. The van der Waals surface area contributed by atoms with Crippen LogP contribution in [-0.2, 0) is 6.61 Å². The first-order chi connectivity index (χ1) is 10.3. The SMILES string of the molecule is COc1cccc(-c2c(CO)nnn2-c2ccccc2)c1. The lowest BCUT2D eigenvalue weighted by atomic mass is 10.1. The largest absolute Gasteiger partial charge is 0.497 e. The zero-order valence-corrected chi connectivity index (χ0v) is 11.6. The summed E-state index contributed by atoms with van der Waals surface area (Å²) in [6.07, 6.45) is 0. The number of ether oxygens (including phenoxy) is 1. The highest BCUT2D eigenvalue weighted by Crippen LogP contribution is 2.28. The van der Waals surface area contributed by atoms with Crippen LogP contribution in [0.1, 0.15) is 5.69 Å². The molecule has 0 atom stereocenters. The van der Waals surface area contributed by atoms with Crippen molar-refractivity contribution >= 4 is 0 Å². The van der Waals surface area contributed by atoms with E-state index in [4.69, 9.17) is 4.74 Å². The Bertz CT molecular complexity index is 738. The van der Waals surface area contributed by atoms with Gasteiger partial charge in [-0.2, -0.15) is 0 Å². The topological polar surface area (TPSA) is 60.2 Å². The number of aliphatic hydroxyl groups excluding tert-OH is 1. The number of hydrogen-bond donors (Lipinski definition) is 1. The number of para-hydroxylation sites is 1. The minimum Gasteiger partial charge on any atom is -0.497 e. The van der Waals surface area contributed by atoms with Gasteiger partial charge in [-0.3, -0.25) is 0 Å². The first-order valence-corrected chi connectivity index (χ1v) is 6.59. The summed E-state index contributed by atoms with van der Waals surface area (Å²) >= 11 is 0. The summed E-state index contributed by atoms with van der Waals surface area (Å²) in [4.78, 5) is 0. The van der Waals surface area contributed by atoms with Gasteiger partial charge in [0.05, 0.1) is 19.4 Å². The summed E-state index contributed by atoms with van der Waals surface area (Å²) in [5, 5.41) is 17.7. The van der Waals surface area contributed by atoms with E-state index in [2.05, 4.69) is 10.3 Å². The van der Waals surface area contributed by atoms with Crippen LogP contribution in [0.15, 0.2) is 54.6 Å². The average molecular weight is 281 g/mol. The van der Waals surface area contributed by atoms with Gasteiger partial charge >= 0.3 is 0 Å². The molecule has 0 radical (unpaired) electrons. The molecular formula is C16H15N3O2. The average Bonchev–Trinajstić information content (AvgIpc) is 2.99. The Hall–Kier alpha value is -2.66. The van der Waals surface area contributed by atoms with Crippen molar-refractivity contribution in [2.75, 3.05) is 7.11 Å². The van der Waals surface area contributed by atoms with Gasteiger partial charge in [0.25, 0.3) is 0 Å². The summed E-state index contributed by atoms with van der Waals surface area (Å²) in [7, 11) is 1.62. The van der Waals surface area contributed by atoms with Crippen LogP contribution in [0.25, 0.3) is 16.9 Å². The van der Waals surface area contributed by atoms with E-state index in [-0.39, 0.29) is 6.61 Å². The molecule has 0 bridgehead atoms. The zero-order valence-electron chi connectivity index (χ0n) is 11.6. The van der Waals surface area contributed by atoms with Gasteiger partial charge in [-0.25, -0.2) is 4.68 Å². The Labute approximate surface area is 122 Å². The fourth-order valence-electron chi connectivity index (χ4n) is 2.23. The molecular weight excluding hydrogens is 266 g/mol. The van der Waals surface area contributed by atoms with Gasteiger partial charge in [-0.15, -0.1) is 5.10 Å². The molecule has 1 heterocycles. The van der Waals surface area contributed by atoms with Crippen molar-refractivity contribution in [3.8, 4) is 22.7 Å². The molecule has 0 saturated heterocycles. The number of aromatic nitrogens is 3. The van der Waals surface area contributed by atoms with E-state index in [9.17, 15) is 5.11 Å². The number of hydrogen-bond acceptors (Lipinski definition) is 4. The second kappa shape index (κ2) is 5.76. The van der Waals surface area contributed by atoms with Crippen molar-refractivity contribution in [3.05, 3.63) is 60.3 Å². The summed E-state index contributed by atoms with van der Waals surface area (Å²) in [5.74, 6) is 0.747. The molecule has 5 nitrogen and oxygen atoms in total. The van der Waals surface area contributed by atoms with E-state index in [1.165, 1.54) is 0 Å². The second-order valence-corrected chi connectivity index (χ2v) is 4.52. The van der Waals surface area contributed by atoms with Crippen molar-refractivity contribution in [2.24, 2.45) is 0 Å². The lowest BCUT2D eigenvalue weighted by Crippen LogP contribution is -2.00. The fraction of sp³-hybridized carbons (Fsp3) is 0.125. The predicted octanol–water partition coefficient (Wildman–Crippen LogP) is 2.44. The maximum Gasteiger partial charge on any atom is 0.119 e. The molecule has 3 rings (SSSR count). The molecule has 0 saturated carbocycles. The maximum absolute atomic E-state index is 9.52. The van der Waals surface area contributed by atoms with Crippen LogP contribution < -0.4 is 4.74 Å². The van der Waals surface area contributed by atoms with E-state index in [1.807, 2.05) is 54.6 Å². The molecule has 0 aliphatic heterocycles. The number of rotatable bonds is 4. The van der Waals surface area contributed by atoms with Crippen molar-refractivity contribution in [1.29, 1.82) is 0 Å². The number of methoxy groups -OCH3 is 1. The van der Waals surface area contributed by atoms with E-state index in [1.54, 1.807) is 11.8 Å². The van der Waals surface area contributed by atoms with Gasteiger partial charge < -0.3 is 9.84 Å². The first-order valence-electron chi connectivity index (χ1n) is 6.59. The third-order valence-electron chi connectivity index (χ3n) is 3.23. The van der Waals surface area contributed by atoms with Crippen LogP contribution in [-0.4, -0.2) is 27.2 Å². The van der Waals surface area contributed by atoms with Gasteiger partial charge in [0.1, 0.15) is 17.1 Å². The molecule has 106 valence electrons. The van der Waals surface area contributed by atoms with E-state index in [0.717, 1.165) is 22.7 Å². The fourth-order valence-corrected chi connectivity index (χ4v) is 2.23. The van der Waals surface area contributed by atoms with E-state index < -0.39 is 0 Å². The molecule has 3 aromatic rings. The Balaban J connectivity index is 2.18. The Morgan fingerprint density at radius 2 is 1.90 bits per heavy atom. The van der Waals surface area contributed by atoms with Crippen LogP contribution in [0.5, 0.6) is 5.75 Å². The van der Waals surface area contributed by atoms with Crippen molar-refractivity contribution in [2.45, 2.75) is 6.61 Å². The van der Waals surface area contributed by atoms with Gasteiger partial charge in [-0.05, 0) is 24.3 Å². The highest BCUT2D eigenvalue weighted by atomic mass is 16.5. The minimum atomic E-state index is -0.167. The Morgan fingerprint density at radius 1 is 1.10 bits per heavy atom. The monoisotopic (exact) mass is 281 g/mol. The highest BCUT2D eigenvalue weighted by molar-refractivity contribution is 5.65. The molecule has 1 N–H and O–H groups in total. The standard InChI is InChI=1S/C16H15N3O2/c1-21-14-9-5-6-12(10-14)16-15(11-20)17-18-19(16)13-7-3-2-4-8-13/h2-10,20H,11H2,1H3. The third kappa shape index (κ3) is 2.51. The van der Waals surface area contributed by atoms with E-state index >= 15 is 0 Å². The smallest absolute Gasteiger partial charge is 0.119 e. The molecule has 0 amide bonds. The van der Waals surface area contributed by atoms with Gasteiger partial charge in [0.2, 0.25) is 0 Å².